The maximum absolute atomic E-state index is 11.1. The molecule has 0 spiro atoms. The molecule has 0 aliphatic heterocycles. The quantitative estimate of drug-likeness (QED) is 0.740. The van der Waals surface area contributed by atoms with E-state index < -0.39 is 0 Å². The molecule has 0 aliphatic rings. The molecule has 0 saturated heterocycles. The Morgan fingerprint density at radius 2 is 2.07 bits per heavy atom. The third-order valence-electron chi connectivity index (χ3n) is 1.41. The molecule has 0 aliphatic carbocycles. The minimum absolute atomic E-state index is 0.0299. The molecular weight excluding hydrogens is 223 g/mol. The molecule has 0 bridgehead atoms. The Morgan fingerprint density at radius 3 is 2.57 bits per heavy atom. The Balaban J connectivity index is 3.45. The van der Waals surface area contributed by atoms with Gasteiger partial charge >= 0.3 is 0 Å². The van der Waals surface area contributed by atoms with Crippen LogP contribution in [-0.2, 0) is 4.79 Å². The van der Waals surface area contributed by atoms with E-state index >= 15 is 0 Å². The monoisotopic (exact) mass is 238 g/mol. The zero-order valence-electron chi connectivity index (χ0n) is 8.44. The molecule has 0 unspecified atom stereocenters. The van der Waals surface area contributed by atoms with E-state index in [1.807, 2.05) is 13.8 Å². The Hall–Kier alpha value is -0.250. The van der Waals surface area contributed by atoms with Gasteiger partial charge in [0.1, 0.15) is 0 Å². The highest BCUT2D eigenvalue weighted by Gasteiger charge is 2.01. The molecular formula is C9H16Cl2N2O. The molecule has 0 aromatic rings. The van der Waals surface area contributed by atoms with Crippen molar-refractivity contribution in [3.8, 4) is 0 Å². The summed E-state index contributed by atoms with van der Waals surface area (Å²) in [6, 6.07) is 0. The zero-order valence-corrected chi connectivity index (χ0v) is 9.95. The number of carbonyl (C=O) groups excluding carboxylic acids is 1. The number of hydrogen-bond donors (Lipinski definition) is 2. The minimum Gasteiger partial charge on any atom is -0.355 e. The molecule has 0 fully saturated rings. The Bertz CT molecular complexity index is 205. The van der Waals surface area contributed by atoms with E-state index in [0.29, 0.717) is 24.0 Å². The lowest BCUT2D eigenvalue weighted by Gasteiger charge is -2.07. The summed E-state index contributed by atoms with van der Waals surface area (Å²) in [5.74, 6) is 0.433. The topological polar surface area (TPSA) is 41.1 Å². The Kier molecular flexibility index (Phi) is 7.95. The van der Waals surface area contributed by atoms with E-state index in [-0.39, 0.29) is 12.5 Å². The average Bonchev–Trinajstić information content (AvgIpc) is 2.14. The molecule has 0 aromatic carbocycles. The number of carbonyl (C=O) groups is 1. The summed E-state index contributed by atoms with van der Waals surface area (Å²) in [5.41, 5.74) is 1.28. The molecule has 0 radical (unpaired) electrons. The highest BCUT2D eigenvalue weighted by Crippen LogP contribution is 1.99. The van der Waals surface area contributed by atoms with Crippen molar-refractivity contribution in [1.29, 1.82) is 0 Å². The van der Waals surface area contributed by atoms with E-state index in [2.05, 4.69) is 10.6 Å². The summed E-state index contributed by atoms with van der Waals surface area (Å²) in [4.78, 5) is 11.1. The second-order valence-corrected chi connectivity index (χ2v) is 4.06. The predicted octanol–water partition coefficient (Wildman–Crippen LogP) is 1.67. The highest BCUT2D eigenvalue weighted by atomic mass is 35.5. The fourth-order valence-electron chi connectivity index (χ4n) is 0.714. The molecule has 5 heteroatoms. The number of hydrogen-bond acceptors (Lipinski definition) is 2. The van der Waals surface area contributed by atoms with Crippen molar-refractivity contribution < 1.29 is 4.79 Å². The Morgan fingerprint density at radius 1 is 1.43 bits per heavy atom. The summed E-state index contributed by atoms with van der Waals surface area (Å²) in [6.45, 7) is 5.45. The summed E-state index contributed by atoms with van der Waals surface area (Å²) in [5, 5.41) is 6.13. The van der Waals surface area contributed by atoms with Crippen LogP contribution in [0, 0.1) is 5.92 Å². The van der Waals surface area contributed by atoms with Crippen LogP contribution in [-0.4, -0.2) is 25.5 Å². The second-order valence-electron chi connectivity index (χ2n) is 3.36. The van der Waals surface area contributed by atoms with Gasteiger partial charge in [0.15, 0.2) is 0 Å². The van der Waals surface area contributed by atoms with Crippen LogP contribution >= 0.6 is 23.2 Å². The lowest BCUT2D eigenvalue weighted by molar-refractivity contribution is -0.120. The van der Waals surface area contributed by atoms with Crippen LogP contribution < -0.4 is 10.6 Å². The fourth-order valence-corrected chi connectivity index (χ4v) is 0.886. The maximum atomic E-state index is 11.1. The van der Waals surface area contributed by atoms with E-state index in [1.165, 1.54) is 5.54 Å². The molecule has 2 N–H and O–H groups in total. The average molecular weight is 239 g/mol. The standard InChI is InChI=1S/C9H16Cl2N2O/c1-7(2)4-13-9(14)6-12-5-8(11)3-10/h3,7,12H,4-6H2,1-2H3,(H,13,14). The third kappa shape index (κ3) is 8.35. The van der Waals surface area contributed by atoms with Gasteiger partial charge in [-0.15, -0.1) is 0 Å². The number of amides is 1. The van der Waals surface area contributed by atoms with E-state index in [4.69, 9.17) is 23.2 Å². The molecule has 0 rings (SSSR count). The van der Waals surface area contributed by atoms with Crippen molar-refractivity contribution in [3.05, 3.63) is 10.6 Å². The lowest BCUT2D eigenvalue weighted by atomic mass is 10.2. The van der Waals surface area contributed by atoms with Crippen LogP contribution in [0.5, 0.6) is 0 Å². The SMILES string of the molecule is CC(C)CNC(=O)CNCC(Cl)=CCl. The third-order valence-corrected chi connectivity index (χ3v) is 2.02. The largest absolute Gasteiger partial charge is 0.355 e. The van der Waals surface area contributed by atoms with Gasteiger partial charge in [-0.25, -0.2) is 0 Å². The molecule has 0 atom stereocenters. The summed E-state index contributed by atoms with van der Waals surface area (Å²) >= 11 is 10.9. The maximum Gasteiger partial charge on any atom is 0.233 e. The molecule has 14 heavy (non-hydrogen) atoms. The summed E-state index contributed by atoms with van der Waals surface area (Å²) in [7, 11) is 0. The van der Waals surface area contributed by atoms with Crippen LogP contribution in [0.1, 0.15) is 13.8 Å². The van der Waals surface area contributed by atoms with Crippen molar-refractivity contribution in [3.63, 3.8) is 0 Å². The fraction of sp³-hybridized carbons (Fsp3) is 0.667. The van der Waals surface area contributed by atoms with Crippen LogP contribution in [0.3, 0.4) is 0 Å². The van der Waals surface area contributed by atoms with Crippen LogP contribution in [0.15, 0.2) is 10.6 Å². The van der Waals surface area contributed by atoms with Crippen LogP contribution in [0.2, 0.25) is 0 Å². The Labute approximate surface area is 94.8 Å². The highest BCUT2D eigenvalue weighted by molar-refractivity contribution is 6.36. The zero-order chi connectivity index (χ0) is 11.0. The van der Waals surface area contributed by atoms with Gasteiger partial charge in [-0.05, 0) is 5.92 Å². The molecule has 0 heterocycles. The van der Waals surface area contributed by atoms with Crippen molar-refractivity contribution in [2.24, 2.45) is 5.92 Å². The smallest absolute Gasteiger partial charge is 0.233 e. The van der Waals surface area contributed by atoms with E-state index in [1.54, 1.807) is 0 Å². The first kappa shape index (κ1) is 13.8. The van der Waals surface area contributed by atoms with Gasteiger partial charge in [0.05, 0.1) is 6.54 Å². The van der Waals surface area contributed by atoms with Crippen molar-refractivity contribution in [2.45, 2.75) is 13.8 Å². The van der Waals surface area contributed by atoms with Gasteiger partial charge in [-0.1, -0.05) is 37.0 Å². The first-order valence-corrected chi connectivity index (χ1v) is 5.30. The van der Waals surface area contributed by atoms with E-state index in [9.17, 15) is 4.79 Å². The van der Waals surface area contributed by atoms with Gasteiger partial charge in [0.25, 0.3) is 0 Å². The van der Waals surface area contributed by atoms with Crippen molar-refractivity contribution in [1.82, 2.24) is 10.6 Å². The van der Waals surface area contributed by atoms with Crippen LogP contribution in [0.4, 0.5) is 0 Å². The van der Waals surface area contributed by atoms with Gasteiger partial charge in [0, 0.05) is 23.7 Å². The first-order chi connectivity index (χ1) is 6.56. The predicted molar refractivity (Wildman–Crippen MR) is 60.5 cm³/mol. The number of nitrogens with one attached hydrogen (secondary N) is 2. The number of rotatable bonds is 6. The normalized spacial score (nSPS) is 11.9. The van der Waals surface area contributed by atoms with Crippen LogP contribution in [0.25, 0.3) is 0 Å². The van der Waals surface area contributed by atoms with Crippen molar-refractivity contribution >= 4 is 29.1 Å². The molecule has 1 amide bonds. The van der Waals surface area contributed by atoms with Gasteiger partial charge in [-0.3, -0.25) is 4.79 Å². The number of halogens is 2. The molecule has 82 valence electrons. The molecule has 3 nitrogen and oxygen atoms in total. The van der Waals surface area contributed by atoms with Gasteiger partial charge in [0.2, 0.25) is 5.91 Å². The van der Waals surface area contributed by atoms with Gasteiger partial charge < -0.3 is 10.6 Å². The summed E-state index contributed by atoms with van der Waals surface area (Å²) in [6.07, 6.45) is 0. The molecule has 0 saturated carbocycles. The van der Waals surface area contributed by atoms with Crippen molar-refractivity contribution in [2.75, 3.05) is 19.6 Å². The first-order valence-electron chi connectivity index (χ1n) is 4.48. The minimum atomic E-state index is -0.0299. The van der Waals surface area contributed by atoms with E-state index in [0.717, 1.165) is 0 Å². The van der Waals surface area contributed by atoms with Gasteiger partial charge in [-0.2, -0.15) is 0 Å². The summed E-state index contributed by atoms with van der Waals surface area (Å²) < 4.78 is 0. The second kappa shape index (κ2) is 8.09. The molecule has 0 aromatic heterocycles. The lowest BCUT2D eigenvalue weighted by Crippen LogP contribution is -2.36.